The highest BCUT2D eigenvalue weighted by Gasteiger charge is 2.12. The van der Waals surface area contributed by atoms with E-state index in [-0.39, 0.29) is 12.1 Å². The fourth-order valence-electron chi connectivity index (χ4n) is 1.98. The first-order chi connectivity index (χ1) is 9.67. The minimum Gasteiger partial charge on any atom is -0.379 e. The molecule has 0 fully saturated rings. The standard InChI is InChI=1S/C17H29NO2/c1-5-11-18-17(13-20-15(4)12-19-6-2)16-9-7-14(3)8-10-16/h7-10,15,17-18H,5-6,11-13H2,1-4H3. The molecule has 0 aliphatic rings. The van der Waals surface area contributed by atoms with E-state index in [0.717, 1.165) is 19.6 Å². The number of nitrogens with one attached hydrogen (secondary N) is 1. The van der Waals surface area contributed by atoms with Crippen molar-refractivity contribution in [3.05, 3.63) is 35.4 Å². The van der Waals surface area contributed by atoms with Gasteiger partial charge >= 0.3 is 0 Å². The van der Waals surface area contributed by atoms with Crippen molar-refractivity contribution in [1.29, 1.82) is 0 Å². The lowest BCUT2D eigenvalue weighted by atomic mass is 10.1. The second-order valence-corrected chi connectivity index (χ2v) is 5.22. The second kappa shape index (κ2) is 9.92. The summed E-state index contributed by atoms with van der Waals surface area (Å²) in [6, 6.07) is 8.91. The molecule has 1 rings (SSSR count). The maximum absolute atomic E-state index is 5.90. The molecule has 20 heavy (non-hydrogen) atoms. The normalized spacial score (nSPS) is 14.2. The quantitative estimate of drug-likeness (QED) is 0.711. The van der Waals surface area contributed by atoms with E-state index >= 15 is 0 Å². The Bertz CT molecular complexity index is 351. The fourth-order valence-corrected chi connectivity index (χ4v) is 1.98. The summed E-state index contributed by atoms with van der Waals surface area (Å²) < 4.78 is 11.3. The fraction of sp³-hybridized carbons (Fsp3) is 0.647. The summed E-state index contributed by atoms with van der Waals surface area (Å²) in [7, 11) is 0. The van der Waals surface area contributed by atoms with Crippen LogP contribution in [0.4, 0.5) is 0 Å². The summed E-state index contributed by atoms with van der Waals surface area (Å²) in [5.74, 6) is 0. The van der Waals surface area contributed by atoms with Crippen LogP contribution in [0.5, 0.6) is 0 Å². The Balaban J connectivity index is 2.53. The number of aryl methyl sites for hydroxylation is 1. The van der Waals surface area contributed by atoms with Crippen LogP contribution in [0, 0.1) is 6.92 Å². The number of ether oxygens (including phenoxy) is 2. The topological polar surface area (TPSA) is 30.5 Å². The number of hydrogen-bond donors (Lipinski definition) is 1. The smallest absolute Gasteiger partial charge is 0.0781 e. The molecule has 0 radical (unpaired) electrons. The van der Waals surface area contributed by atoms with Crippen molar-refractivity contribution < 1.29 is 9.47 Å². The molecular weight excluding hydrogens is 250 g/mol. The Morgan fingerprint density at radius 1 is 1.10 bits per heavy atom. The lowest BCUT2D eigenvalue weighted by Gasteiger charge is -2.22. The van der Waals surface area contributed by atoms with E-state index in [9.17, 15) is 0 Å². The van der Waals surface area contributed by atoms with Gasteiger partial charge in [0.2, 0.25) is 0 Å². The molecule has 3 nitrogen and oxygen atoms in total. The molecule has 2 unspecified atom stereocenters. The van der Waals surface area contributed by atoms with E-state index in [0.29, 0.717) is 13.2 Å². The van der Waals surface area contributed by atoms with E-state index in [2.05, 4.69) is 50.4 Å². The van der Waals surface area contributed by atoms with E-state index in [1.807, 2.05) is 6.92 Å². The van der Waals surface area contributed by atoms with E-state index in [4.69, 9.17) is 9.47 Å². The molecule has 0 saturated carbocycles. The first-order valence-corrected chi connectivity index (χ1v) is 7.66. The highest BCUT2D eigenvalue weighted by Crippen LogP contribution is 2.15. The molecule has 0 amide bonds. The zero-order chi connectivity index (χ0) is 14.8. The van der Waals surface area contributed by atoms with Crippen LogP contribution in [0.25, 0.3) is 0 Å². The van der Waals surface area contributed by atoms with Crippen molar-refractivity contribution in [2.24, 2.45) is 0 Å². The summed E-state index contributed by atoms with van der Waals surface area (Å²) in [6.07, 6.45) is 1.25. The average Bonchev–Trinajstić information content (AvgIpc) is 2.46. The van der Waals surface area contributed by atoms with Gasteiger partial charge in [-0.05, 0) is 39.3 Å². The van der Waals surface area contributed by atoms with Gasteiger partial charge in [0.1, 0.15) is 0 Å². The van der Waals surface area contributed by atoms with Crippen LogP contribution in [0.1, 0.15) is 44.4 Å². The molecule has 0 saturated heterocycles. The van der Waals surface area contributed by atoms with Crippen LogP contribution in [0.3, 0.4) is 0 Å². The Morgan fingerprint density at radius 2 is 1.80 bits per heavy atom. The van der Waals surface area contributed by atoms with Crippen LogP contribution < -0.4 is 5.32 Å². The van der Waals surface area contributed by atoms with Gasteiger partial charge in [-0.1, -0.05) is 36.8 Å². The maximum atomic E-state index is 5.90. The van der Waals surface area contributed by atoms with Gasteiger partial charge in [-0.2, -0.15) is 0 Å². The Kier molecular flexibility index (Phi) is 8.51. The van der Waals surface area contributed by atoms with Gasteiger partial charge in [-0.3, -0.25) is 0 Å². The maximum Gasteiger partial charge on any atom is 0.0781 e. The Labute approximate surface area is 123 Å². The summed E-state index contributed by atoms with van der Waals surface area (Å²) >= 11 is 0. The molecule has 0 spiro atoms. The molecular formula is C17H29NO2. The summed E-state index contributed by atoms with van der Waals surface area (Å²) in [6.45, 7) is 11.4. The molecule has 1 aromatic carbocycles. The largest absolute Gasteiger partial charge is 0.379 e. The molecule has 1 N–H and O–H groups in total. The van der Waals surface area contributed by atoms with Crippen LogP contribution in [-0.4, -0.2) is 32.5 Å². The van der Waals surface area contributed by atoms with Gasteiger partial charge in [0, 0.05) is 6.61 Å². The van der Waals surface area contributed by atoms with Crippen LogP contribution in [0.15, 0.2) is 24.3 Å². The number of rotatable bonds is 10. The van der Waals surface area contributed by atoms with E-state index in [1.165, 1.54) is 11.1 Å². The molecule has 0 aliphatic carbocycles. The van der Waals surface area contributed by atoms with Gasteiger partial charge in [-0.15, -0.1) is 0 Å². The number of hydrogen-bond acceptors (Lipinski definition) is 3. The van der Waals surface area contributed by atoms with Gasteiger partial charge in [-0.25, -0.2) is 0 Å². The third-order valence-electron chi connectivity index (χ3n) is 3.22. The van der Waals surface area contributed by atoms with Gasteiger partial charge in [0.05, 0.1) is 25.4 Å². The monoisotopic (exact) mass is 279 g/mol. The molecule has 0 aromatic heterocycles. The van der Waals surface area contributed by atoms with Crippen LogP contribution >= 0.6 is 0 Å². The number of benzene rings is 1. The van der Waals surface area contributed by atoms with Crippen molar-refractivity contribution in [3.8, 4) is 0 Å². The predicted octanol–water partition coefficient (Wildman–Crippen LogP) is 3.48. The average molecular weight is 279 g/mol. The zero-order valence-electron chi connectivity index (χ0n) is 13.3. The molecule has 0 bridgehead atoms. The predicted molar refractivity (Wildman–Crippen MR) is 84.1 cm³/mol. The van der Waals surface area contributed by atoms with Crippen LogP contribution in [-0.2, 0) is 9.47 Å². The van der Waals surface area contributed by atoms with Crippen LogP contribution in [0.2, 0.25) is 0 Å². The van der Waals surface area contributed by atoms with Crippen molar-refractivity contribution in [2.45, 2.75) is 46.3 Å². The minimum absolute atomic E-state index is 0.131. The highest BCUT2D eigenvalue weighted by atomic mass is 16.5. The highest BCUT2D eigenvalue weighted by molar-refractivity contribution is 5.24. The van der Waals surface area contributed by atoms with E-state index in [1.54, 1.807) is 0 Å². The van der Waals surface area contributed by atoms with Crippen molar-refractivity contribution in [1.82, 2.24) is 5.32 Å². The van der Waals surface area contributed by atoms with Crippen molar-refractivity contribution in [3.63, 3.8) is 0 Å². The van der Waals surface area contributed by atoms with Crippen molar-refractivity contribution >= 4 is 0 Å². The first kappa shape index (κ1) is 17.2. The SMILES string of the molecule is CCCNC(COC(C)COCC)c1ccc(C)cc1. The molecule has 2 atom stereocenters. The van der Waals surface area contributed by atoms with Gasteiger partial charge in [0.25, 0.3) is 0 Å². The second-order valence-electron chi connectivity index (χ2n) is 5.22. The molecule has 114 valence electrons. The Hall–Kier alpha value is -0.900. The molecule has 3 heteroatoms. The third kappa shape index (κ3) is 6.51. The Morgan fingerprint density at radius 3 is 2.40 bits per heavy atom. The minimum atomic E-state index is 0.131. The summed E-state index contributed by atoms with van der Waals surface area (Å²) in [5.41, 5.74) is 2.57. The summed E-state index contributed by atoms with van der Waals surface area (Å²) in [5, 5.41) is 3.55. The molecule has 0 heterocycles. The first-order valence-electron chi connectivity index (χ1n) is 7.66. The molecule has 1 aromatic rings. The molecule has 0 aliphatic heterocycles. The van der Waals surface area contributed by atoms with E-state index < -0.39 is 0 Å². The van der Waals surface area contributed by atoms with Crippen molar-refractivity contribution in [2.75, 3.05) is 26.4 Å². The summed E-state index contributed by atoms with van der Waals surface area (Å²) in [4.78, 5) is 0. The lowest BCUT2D eigenvalue weighted by Crippen LogP contribution is -2.29. The zero-order valence-corrected chi connectivity index (χ0v) is 13.3. The lowest BCUT2D eigenvalue weighted by molar-refractivity contribution is -0.0116. The van der Waals surface area contributed by atoms with Gasteiger partial charge < -0.3 is 14.8 Å². The van der Waals surface area contributed by atoms with Gasteiger partial charge in [0.15, 0.2) is 0 Å². The third-order valence-corrected chi connectivity index (χ3v) is 3.22.